The second kappa shape index (κ2) is 7.70. The van der Waals surface area contributed by atoms with Crippen LogP contribution in [0.2, 0.25) is 0 Å². The van der Waals surface area contributed by atoms with Gasteiger partial charge in [-0.05, 0) is 54.7 Å². The fourth-order valence-corrected chi connectivity index (χ4v) is 3.60. The molecule has 1 heterocycles. The maximum absolute atomic E-state index is 6.05. The Morgan fingerprint density at radius 1 is 1.13 bits per heavy atom. The van der Waals surface area contributed by atoms with E-state index in [1.54, 1.807) is 0 Å². The van der Waals surface area contributed by atoms with E-state index in [0.29, 0.717) is 6.04 Å². The summed E-state index contributed by atoms with van der Waals surface area (Å²) in [6.45, 7) is 17.0. The number of likely N-dealkylation sites (tertiary alicyclic amines) is 1. The molecular formula is C21H35NO. The number of nitrogens with zero attached hydrogens (tertiary/aromatic N) is 1. The first-order valence-corrected chi connectivity index (χ1v) is 9.29. The molecule has 0 radical (unpaired) electrons. The van der Waals surface area contributed by atoms with Crippen LogP contribution in [0.4, 0.5) is 0 Å². The number of hydrogen-bond donors (Lipinski definition) is 0. The van der Waals surface area contributed by atoms with Crippen LogP contribution < -0.4 is 4.74 Å². The van der Waals surface area contributed by atoms with Crippen molar-refractivity contribution in [1.82, 2.24) is 4.90 Å². The van der Waals surface area contributed by atoms with Gasteiger partial charge in [-0.2, -0.15) is 0 Å². The molecule has 1 aliphatic rings. The van der Waals surface area contributed by atoms with Gasteiger partial charge in [0, 0.05) is 19.1 Å². The van der Waals surface area contributed by atoms with Crippen LogP contribution >= 0.6 is 0 Å². The molecule has 1 fully saturated rings. The maximum Gasteiger partial charge on any atom is 0.119 e. The topological polar surface area (TPSA) is 12.5 Å². The summed E-state index contributed by atoms with van der Waals surface area (Å²) >= 11 is 0. The van der Waals surface area contributed by atoms with Crippen molar-refractivity contribution in [2.24, 2.45) is 11.8 Å². The Balaban J connectivity index is 1.88. The molecule has 0 saturated carbocycles. The fraction of sp³-hybridized carbons (Fsp3) is 0.714. The summed E-state index contributed by atoms with van der Waals surface area (Å²) in [5.74, 6) is 2.60. The van der Waals surface area contributed by atoms with Gasteiger partial charge in [-0.15, -0.1) is 0 Å². The summed E-state index contributed by atoms with van der Waals surface area (Å²) in [5, 5.41) is 0. The first-order valence-electron chi connectivity index (χ1n) is 9.29. The van der Waals surface area contributed by atoms with Gasteiger partial charge < -0.3 is 4.74 Å². The Kier molecular flexibility index (Phi) is 6.13. The van der Waals surface area contributed by atoms with Gasteiger partial charge >= 0.3 is 0 Å². The number of hydrogen-bond acceptors (Lipinski definition) is 2. The molecule has 1 saturated heterocycles. The largest absolute Gasteiger partial charge is 0.492 e. The number of benzene rings is 1. The van der Waals surface area contributed by atoms with Crippen molar-refractivity contribution in [1.29, 1.82) is 0 Å². The summed E-state index contributed by atoms with van der Waals surface area (Å²) in [4.78, 5) is 2.59. The average molecular weight is 318 g/mol. The molecule has 1 aromatic carbocycles. The first-order chi connectivity index (χ1) is 10.8. The van der Waals surface area contributed by atoms with Crippen molar-refractivity contribution < 1.29 is 4.74 Å². The lowest BCUT2D eigenvalue weighted by Crippen LogP contribution is -2.46. The molecule has 23 heavy (non-hydrogen) atoms. The van der Waals surface area contributed by atoms with E-state index in [1.807, 2.05) is 0 Å². The Labute approximate surface area is 143 Å². The summed E-state index contributed by atoms with van der Waals surface area (Å²) < 4.78 is 6.05. The standard InChI is InChI=1S/C21H35NO/c1-7-21(5,6)19-8-10-20(11-9-19)23-15-18(4)22-13-16(2)12-17(3)14-22/h8-11,16-18H,7,12-15H2,1-6H3. The maximum atomic E-state index is 6.05. The minimum Gasteiger partial charge on any atom is -0.492 e. The lowest BCUT2D eigenvalue weighted by atomic mass is 9.82. The third-order valence-electron chi connectivity index (χ3n) is 5.53. The van der Waals surface area contributed by atoms with Crippen molar-refractivity contribution in [2.45, 2.75) is 65.8 Å². The summed E-state index contributed by atoms with van der Waals surface area (Å²) in [6, 6.07) is 9.16. The van der Waals surface area contributed by atoms with Gasteiger partial charge in [0.1, 0.15) is 12.4 Å². The molecule has 0 spiro atoms. The lowest BCUT2D eigenvalue weighted by molar-refractivity contribution is 0.0761. The molecule has 2 rings (SSSR count). The zero-order valence-corrected chi connectivity index (χ0v) is 15.9. The number of piperidine rings is 1. The molecule has 0 N–H and O–H groups in total. The van der Waals surface area contributed by atoms with Crippen molar-refractivity contribution >= 4 is 0 Å². The zero-order chi connectivity index (χ0) is 17.0. The minimum atomic E-state index is 0.242. The Bertz CT molecular complexity index is 469. The van der Waals surface area contributed by atoms with Crippen LogP contribution in [-0.4, -0.2) is 30.6 Å². The first kappa shape index (κ1) is 18.3. The second-order valence-electron chi connectivity index (χ2n) is 8.32. The molecular weight excluding hydrogens is 282 g/mol. The summed E-state index contributed by atoms with van der Waals surface area (Å²) in [5.41, 5.74) is 1.63. The van der Waals surface area contributed by atoms with E-state index in [2.05, 4.69) is 70.7 Å². The van der Waals surface area contributed by atoms with Crippen LogP contribution in [0.5, 0.6) is 5.75 Å². The Morgan fingerprint density at radius 3 is 2.22 bits per heavy atom. The quantitative estimate of drug-likeness (QED) is 0.722. The van der Waals surface area contributed by atoms with Crippen LogP contribution in [0, 0.1) is 11.8 Å². The number of rotatable bonds is 6. The Hall–Kier alpha value is -1.02. The SMILES string of the molecule is CCC(C)(C)c1ccc(OCC(C)N2CC(C)CC(C)C2)cc1. The third kappa shape index (κ3) is 4.97. The van der Waals surface area contributed by atoms with Crippen LogP contribution in [0.25, 0.3) is 0 Å². The minimum absolute atomic E-state index is 0.242. The molecule has 1 aliphatic heterocycles. The predicted octanol–water partition coefficient (Wildman–Crippen LogP) is 5.12. The highest BCUT2D eigenvalue weighted by Crippen LogP contribution is 2.28. The van der Waals surface area contributed by atoms with Gasteiger partial charge in [-0.3, -0.25) is 4.90 Å². The third-order valence-corrected chi connectivity index (χ3v) is 5.53. The molecule has 3 atom stereocenters. The molecule has 0 bridgehead atoms. The Morgan fingerprint density at radius 2 is 1.70 bits per heavy atom. The zero-order valence-electron chi connectivity index (χ0n) is 15.9. The van der Waals surface area contributed by atoms with Crippen LogP contribution in [0.1, 0.15) is 59.9 Å². The molecule has 0 aromatic heterocycles. The highest BCUT2D eigenvalue weighted by molar-refractivity contribution is 5.31. The van der Waals surface area contributed by atoms with Crippen molar-refractivity contribution in [2.75, 3.05) is 19.7 Å². The van der Waals surface area contributed by atoms with Crippen molar-refractivity contribution in [3.8, 4) is 5.75 Å². The van der Waals surface area contributed by atoms with E-state index in [0.717, 1.165) is 30.6 Å². The number of ether oxygens (including phenoxy) is 1. The van der Waals surface area contributed by atoms with E-state index in [9.17, 15) is 0 Å². The molecule has 0 amide bonds. The van der Waals surface area contributed by atoms with Crippen molar-refractivity contribution in [3.05, 3.63) is 29.8 Å². The van der Waals surface area contributed by atoms with E-state index in [4.69, 9.17) is 4.74 Å². The monoisotopic (exact) mass is 317 g/mol. The molecule has 1 aromatic rings. The fourth-order valence-electron chi connectivity index (χ4n) is 3.60. The van der Waals surface area contributed by atoms with Gasteiger partial charge in [0.2, 0.25) is 0 Å². The van der Waals surface area contributed by atoms with Gasteiger partial charge in [0.15, 0.2) is 0 Å². The molecule has 2 heteroatoms. The summed E-state index contributed by atoms with van der Waals surface area (Å²) in [6.07, 6.45) is 2.51. The molecule has 3 unspecified atom stereocenters. The van der Waals surface area contributed by atoms with E-state index in [-0.39, 0.29) is 5.41 Å². The lowest BCUT2D eigenvalue weighted by Gasteiger charge is -2.38. The van der Waals surface area contributed by atoms with Crippen LogP contribution in [-0.2, 0) is 5.41 Å². The second-order valence-corrected chi connectivity index (χ2v) is 8.32. The molecule has 0 aliphatic carbocycles. The molecule has 130 valence electrons. The van der Waals surface area contributed by atoms with Gasteiger partial charge in [0.25, 0.3) is 0 Å². The van der Waals surface area contributed by atoms with Gasteiger partial charge in [-0.25, -0.2) is 0 Å². The van der Waals surface area contributed by atoms with Crippen molar-refractivity contribution in [3.63, 3.8) is 0 Å². The van der Waals surface area contributed by atoms with E-state index >= 15 is 0 Å². The van der Waals surface area contributed by atoms with Crippen LogP contribution in [0.15, 0.2) is 24.3 Å². The van der Waals surface area contributed by atoms with Crippen LogP contribution in [0.3, 0.4) is 0 Å². The highest BCUT2D eigenvalue weighted by Gasteiger charge is 2.25. The smallest absolute Gasteiger partial charge is 0.119 e. The van der Waals surface area contributed by atoms with E-state index in [1.165, 1.54) is 25.1 Å². The van der Waals surface area contributed by atoms with Gasteiger partial charge in [0.05, 0.1) is 0 Å². The average Bonchev–Trinajstić information content (AvgIpc) is 2.52. The normalized spacial score (nSPS) is 24.4. The highest BCUT2D eigenvalue weighted by atomic mass is 16.5. The van der Waals surface area contributed by atoms with E-state index < -0.39 is 0 Å². The predicted molar refractivity (Wildman–Crippen MR) is 99.2 cm³/mol. The summed E-state index contributed by atoms with van der Waals surface area (Å²) in [7, 11) is 0. The van der Waals surface area contributed by atoms with Gasteiger partial charge in [-0.1, -0.05) is 46.8 Å². The molecule has 2 nitrogen and oxygen atoms in total.